The first kappa shape index (κ1) is 16.9. The van der Waals surface area contributed by atoms with Crippen molar-refractivity contribution < 1.29 is 14.4 Å². The van der Waals surface area contributed by atoms with Crippen molar-refractivity contribution in [1.29, 1.82) is 0 Å². The number of hydrogen-bond acceptors (Lipinski definition) is 5. The summed E-state index contributed by atoms with van der Waals surface area (Å²) in [6.45, 7) is 1.60. The number of carbonyl (C=O) groups is 3. The molecule has 0 atom stereocenters. The van der Waals surface area contributed by atoms with Crippen LogP contribution in [0.25, 0.3) is 6.08 Å². The molecule has 1 aromatic heterocycles. The Bertz CT molecular complexity index is 865. The molecule has 1 saturated heterocycles. The van der Waals surface area contributed by atoms with Gasteiger partial charge in [-0.2, -0.15) is 0 Å². The number of nitrogens with one attached hydrogen (secondary N) is 1. The number of pyridine rings is 1. The molecule has 1 aliphatic rings. The predicted octanol–water partition coefficient (Wildman–Crippen LogP) is 3.07. The minimum atomic E-state index is -0.466. The maximum atomic E-state index is 12.4. The van der Waals surface area contributed by atoms with E-state index < -0.39 is 17.1 Å². The normalized spacial score (nSPS) is 15.7. The highest BCUT2D eigenvalue weighted by molar-refractivity contribution is 8.18. The van der Waals surface area contributed by atoms with Crippen molar-refractivity contribution in [1.82, 2.24) is 9.88 Å². The third-order valence-electron chi connectivity index (χ3n) is 3.48. The fourth-order valence-corrected chi connectivity index (χ4v) is 3.15. The molecule has 1 N–H and O–H groups in total. The molecule has 0 aliphatic carbocycles. The highest BCUT2D eigenvalue weighted by atomic mass is 32.2. The summed E-state index contributed by atoms with van der Waals surface area (Å²) < 4.78 is 0. The van der Waals surface area contributed by atoms with Crippen molar-refractivity contribution in [2.45, 2.75) is 6.92 Å². The van der Waals surface area contributed by atoms with Gasteiger partial charge in [0.15, 0.2) is 0 Å². The van der Waals surface area contributed by atoms with Crippen LogP contribution in [0, 0.1) is 6.92 Å². The molecule has 7 heteroatoms. The average molecular weight is 353 g/mol. The van der Waals surface area contributed by atoms with Gasteiger partial charge in [0.25, 0.3) is 11.1 Å². The van der Waals surface area contributed by atoms with E-state index in [9.17, 15) is 14.4 Å². The molecule has 0 bridgehead atoms. The Morgan fingerprint density at radius 2 is 2.00 bits per heavy atom. The summed E-state index contributed by atoms with van der Waals surface area (Å²) in [4.78, 5) is 41.7. The first-order valence-corrected chi connectivity index (χ1v) is 8.36. The summed E-state index contributed by atoms with van der Waals surface area (Å²) in [5, 5.41) is 2.24. The van der Waals surface area contributed by atoms with Crippen LogP contribution in [0.2, 0.25) is 0 Å². The summed E-state index contributed by atoms with van der Waals surface area (Å²) in [6.07, 6.45) is 4.82. The Hall–Kier alpha value is -2.93. The maximum Gasteiger partial charge on any atom is 0.294 e. The summed E-state index contributed by atoms with van der Waals surface area (Å²) in [6, 6.07) is 10.8. The smallest absolute Gasteiger partial charge is 0.294 e. The molecule has 0 unspecified atom stereocenters. The molecule has 2 heterocycles. The van der Waals surface area contributed by atoms with Gasteiger partial charge >= 0.3 is 0 Å². The zero-order valence-electron chi connectivity index (χ0n) is 13.4. The largest absolute Gasteiger partial charge is 0.325 e. The van der Waals surface area contributed by atoms with Crippen LogP contribution in [0.4, 0.5) is 10.5 Å². The number of hydrogen-bond donors (Lipinski definition) is 1. The number of amides is 3. The SMILES string of the molecule is Cc1cccc(NC(=O)CN2C(=O)S/C(=C\c3ccncc3)C2=O)c1. The van der Waals surface area contributed by atoms with E-state index in [4.69, 9.17) is 0 Å². The van der Waals surface area contributed by atoms with Crippen molar-refractivity contribution in [3.05, 3.63) is 64.8 Å². The lowest BCUT2D eigenvalue weighted by atomic mass is 10.2. The van der Waals surface area contributed by atoms with Crippen LogP contribution in [-0.2, 0) is 9.59 Å². The van der Waals surface area contributed by atoms with Gasteiger partial charge in [0.2, 0.25) is 5.91 Å². The van der Waals surface area contributed by atoms with Crippen molar-refractivity contribution in [2.24, 2.45) is 0 Å². The Morgan fingerprint density at radius 1 is 1.24 bits per heavy atom. The molecule has 6 nitrogen and oxygen atoms in total. The van der Waals surface area contributed by atoms with Crippen molar-refractivity contribution in [2.75, 3.05) is 11.9 Å². The molecule has 25 heavy (non-hydrogen) atoms. The van der Waals surface area contributed by atoms with E-state index in [1.54, 1.807) is 36.7 Å². The summed E-state index contributed by atoms with van der Waals surface area (Å²) in [5.41, 5.74) is 2.40. The van der Waals surface area contributed by atoms with Crippen molar-refractivity contribution in [3.63, 3.8) is 0 Å². The van der Waals surface area contributed by atoms with Gasteiger partial charge in [-0.05, 0) is 60.2 Å². The predicted molar refractivity (Wildman–Crippen MR) is 96.7 cm³/mol. The third kappa shape index (κ3) is 4.13. The van der Waals surface area contributed by atoms with E-state index in [0.717, 1.165) is 27.8 Å². The number of aryl methyl sites for hydroxylation is 1. The van der Waals surface area contributed by atoms with Gasteiger partial charge in [0.1, 0.15) is 6.54 Å². The molecule has 3 amide bonds. The number of benzene rings is 1. The standard InChI is InChI=1S/C18H15N3O3S/c1-12-3-2-4-14(9-12)20-16(22)11-21-17(23)15(25-18(21)24)10-13-5-7-19-8-6-13/h2-10H,11H2,1H3,(H,20,22)/b15-10-. The minimum Gasteiger partial charge on any atom is -0.325 e. The van der Waals surface area contributed by atoms with E-state index in [-0.39, 0.29) is 6.54 Å². The Balaban J connectivity index is 1.68. The summed E-state index contributed by atoms with van der Waals surface area (Å²) in [7, 11) is 0. The molecular weight excluding hydrogens is 338 g/mol. The molecule has 0 radical (unpaired) electrons. The average Bonchev–Trinajstić information content (AvgIpc) is 2.83. The van der Waals surface area contributed by atoms with E-state index in [0.29, 0.717) is 10.6 Å². The van der Waals surface area contributed by atoms with Crippen LogP contribution in [0.15, 0.2) is 53.7 Å². The van der Waals surface area contributed by atoms with Crippen molar-refractivity contribution >= 4 is 40.6 Å². The number of thioether (sulfide) groups is 1. The molecular formula is C18H15N3O3S. The summed E-state index contributed by atoms with van der Waals surface area (Å²) in [5.74, 6) is -0.885. The highest BCUT2D eigenvalue weighted by Gasteiger charge is 2.36. The number of anilines is 1. The zero-order chi connectivity index (χ0) is 17.8. The third-order valence-corrected chi connectivity index (χ3v) is 4.39. The van der Waals surface area contributed by atoms with Crippen LogP contribution in [0.5, 0.6) is 0 Å². The molecule has 1 aliphatic heterocycles. The number of carbonyl (C=O) groups excluding carboxylic acids is 3. The lowest BCUT2D eigenvalue weighted by Gasteiger charge is -2.12. The molecule has 2 aromatic rings. The minimum absolute atomic E-state index is 0.291. The Labute approximate surface area is 148 Å². The van der Waals surface area contributed by atoms with E-state index in [1.807, 2.05) is 25.1 Å². The number of imide groups is 1. The van der Waals surface area contributed by atoms with Gasteiger partial charge in [-0.25, -0.2) is 0 Å². The molecule has 126 valence electrons. The monoisotopic (exact) mass is 353 g/mol. The van der Waals surface area contributed by atoms with Gasteiger partial charge in [0, 0.05) is 18.1 Å². The van der Waals surface area contributed by atoms with Crippen LogP contribution in [0.1, 0.15) is 11.1 Å². The lowest BCUT2D eigenvalue weighted by molar-refractivity contribution is -0.127. The fourth-order valence-electron chi connectivity index (χ4n) is 2.31. The molecule has 1 aromatic carbocycles. The Kier molecular flexibility index (Phi) is 4.95. The first-order chi connectivity index (χ1) is 12.0. The van der Waals surface area contributed by atoms with Gasteiger partial charge < -0.3 is 5.32 Å². The quantitative estimate of drug-likeness (QED) is 0.855. The second-order valence-electron chi connectivity index (χ2n) is 5.47. The number of rotatable bonds is 4. The van der Waals surface area contributed by atoms with E-state index in [2.05, 4.69) is 10.3 Å². The summed E-state index contributed by atoms with van der Waals surface area (Å²) >= 11 is 0.825. The highest BCUT2D eigenvalue weighted by Crippen LogP contribution is 2.31. The van der Waals surface area contributed by atoms with Crippen LogP contribution in [0.3, 0.4) is 0 Å². The van der Waals surface area contributed by atoms with Gasteiger partial charge in [0.05, 0.1) is 4.91 Å². The maximum absolute atomic E-state index is 12.4. The molecule has 0 saturated carbocycles. The number of nitrogens with zero attached hydrogens (tertiary/aromatic N) is 2. The van der Waals surface area contributed by atoms with Crippen molar-refractivity contribution in [3.8, 4) is 0 Å². The molecule has 0 spiro atoms. The van der Waals surface area contributed by atoms with Crippen LogP contribution < -0.4 is 5.32 Å². The fraction of sp³-hybridized carbons (Fsp3) is 0.111. The van der Waals surface area contributed by atoms with Gasteiger partial charge in [-0.3, -0.25) is 24.3 Å². The second kappa shape index (κ2) is 7.31. The van der Waals surface area contributed by atoms with Gasteiger partial charge in [-0.1, -0.05) is 12.1 Å². The van der Waals surface area contributed by atoms with E-state index in [1.165, 1.54) is 0 Å². The Morgan fingerprint density at radius 3 is 2.72 bits per heavy atom. The lowest BCUT2D eigenvalue weighted by Crippen LogP contribution is -2.36. The van der Waals surface area contributed by atoms with Crippen LogP contribution >= 0.6 is 11.8 Å². The number of aromatic nitrogens is 1. The van der Waals surface area contributed by atoms with Crippen LogP contribution in [-0.4, -0.2) is 33.5 Å². The van der Waals surface area contributed by atoms with Gasteiger partial charge in [-0.15, -0.1) is 0 Å². The topological polar surface area (TPSA) is 79.4 Å². The zero-order valence-corrected chi connectivity index (χ0v) is 14.2. The first-order valence-electron chi connectivity index (χ1n) is 7.55. The molecule has 1 fully saturated rings. The second-order valence-corrected chi connectivity index (χ2v) is 6.46. The van der Waals surface area contributed by atoms with E-state index >= 15 is 0 Å². The molecule has 3 rings (SSSR count).